The highest BCUT2D eigenvalue weighted by atomic mass is 35.5. The van der Waals surface area contributed by atoms with E-state index in [1.54, 1.807) is 0 Å². The van der Waals surface area contributed by atoms with E-state index in [1.807, 2.05) is 31.2 Å². The van der Waals surface area contributed by atoms with Crippen molar-refractivity contribution in [3.63, 3.8) is 0 Å². The molecule has 1 aromatic rings. The molecule has 0 bridgehead atoms. The maximum absolute atomic E-state index is 12.0. The fourth-order valence-corrected chi connectivity index (χ4v) is 2.90. The Balaban J connectivity index is 0.00000242. The lowest BCUT2D eigenvalue weighted by Crippen LogP contribution is -2.39. The van der Waals surface area contributed by atoms with Crippen LogP contribution in [0.15, 0.2) is 24.3 Å². The maximum atomic E-state index is 12.0. The van der Waals surface area contributed by atoms with Crippen LogP contribution < -0.4 is 11.1 Å². The van der Waals surface area contributed by atoms with Crippen LogP contribution in [-0.4, -0.2) is 24.3 Å². The first-order chi connectivity index (χ1) is 10.1. The highest BCUT2D eigenvalue weighted by molar-refractivity contribution is 5.98. The first-order valence-electron chi connectivity index (χ1n) is 7.69. The van der Waals surface area contributed by atoms with Gasteiger partial charge in [0.15, 0.2) is 5.78 Å². The van der Waals surface area contributed by atoms with E-state index in [9.17, 15) is 9.59 Å². The predicted octanol–water partition coefficient (Wildman–Crippen LogP) is 2.62. The lowest BCUT2D eigenvalue weighted by atomic mass is 10.0. The van der Waals surface area contributed by atoms with E-state index in [0.717, 1.165) is 24.8 Å². The normalized spacial score (nSPS) is 20.3. The monoisotopic (exact) mass is 324 g/mol. The Morgan fingerprint density at radius 3 is 2.50 bits per heavy atom. The fraction of sp³-hybridized carbons (Fsp3) is 0.529. The van der Waals surface area contributed by atoms with Crippen molar-refractivity contribution in [2.45, 2.75) is 45.1 Å². The number of Topliss-reactive ketones (excluding diaryl/α,β-unsaturated/α-hetero) is 1. The average Bonchev–Trinajstić information content (AvgIpc) is 2.92. The molecular weight excluding hydrogens is 300 g/mol. The molecule has 0 heterocycles. The third-order valence-corrected chi connectivity index (χ3v) is 4.26. The van der Waals surface area contributed by atoms with Crippen LogP contribution >= 0.6 is 12.4 Å². The molecule has 2 unspecified atom stereocenters. The fourth-order valence-electron chi connectivity index (χ4n) is 2.90. The molecule has 1 aliphatic carbocycles. The second-order valence-electron chi connectivity index (χ2n) is 5.89. The standard InChI is InChI=1S/C17H24N2O2.ClH/c1-12-5-7-13(8-6-12)16(20)9-10-17(21)19-15-4-2-3-14(15)11-18;/h5-8,14-15H,2-4,9-11,18H2,1H3,(H,19,21);1H. The summed E-state index contributed by atoms with van der Waals surface area (Å²) in [6, 6.07) is 7.65. The number of hydrogen-bond donors (Lipinski definition) is 2. The van der Waals surface area contributed by atoms with Crippen molar-refractivity contribution in [1.29, 1.82) is 0 Å². The molecule has 1 fully saturated rings. The van der Waals surface area contributed by atoms with Crippen LogP contribution in [0.1, 0.15) is 48.0 Å². The summed E-state index contributed by atoms with van der Waals surface area (Å²) in [7, 11) is 0. The molecule has 0 saturated heterocycles. The van der Waals surface area contributed by atoms with Gasteiger partial charge in [0.05, 0.1) is 0 Å². The van der Waals surface area contributed by atoms with Gasteiger partial charge in [-0.05, 0) is 32.2 Å². The van der Waals surface area contributed by atoms with Crippen LogP contribution in [0, 0.1) is 12.8 Å². The highest BCUT2D eigenvalue weighted by Gasteiger charge is 2.27. The quantitative estimate of drug-likeness (QED) is 0.790. The number of carbonyl (C=O) groups excluding carboxylic acids is 2. The number of rotatable bonds is 6. The SMILES string of the molecule is Cc1ccc(C(=O)CCC(=O)NC2CCCC2CN)cc1.Cl. The Morgan fingerprint density at radius 1 is 1.18 bits per heavy atom. The molecule has 1 aliphatic rings. The minimum absolute atomic E-state index is 0. The van der Waals surface area contributed by atoms with Gasteiger partial charge in [0.25, 0.3) is 0 Å². The molecule has 2 rings (SSSR count). The summed E-state index contributed by atoms with van der Waals surface area (Å²) in [5.74, 6) is 0.370. The molecule has 122 valence electrons. The number of benzene rings is 1. The Morgan fingerprint density at radius 2 is 1.86 bits per heavy atom. The maximum Gasteiger partial charge on any atom is 0.220 e. The van der Waals surface area contributed by atoms with Gasteiger partial charge in [0.1, 0.15) is 0 Å². The molecule has 0 aliphatic heterocycles. The van der Waals surface area contributed by atoms with Crippen molar-refractivity contribution < 1.29 is 9.59 Å². The lowest BCUT2D eigenvalue weighted by Gasteiger charge is -2.19. The smallest absolute Gasteiger partial charge is 0.220 e. The van der Waals surface area contributed by atoms with Gasteiger partial charge in [-0.1, -0.05) is 36.2 Å². The van der Waals surface area contributed by atoms with Crippen molar-refractivity contribution >= 4 is 24.1 Å². The number of nitrogens with one attached hydrogen (secondary N) is 1. The van der Waals surface area contributed by atoms with E-state index in [0.29, 0.717) is 18.0 Å². The highest BCUT2D eigenvalue weighted by Crippen LogP contribution is 2.24. The summed E-state index contributed by atoms with van der Waals surface area (Å²) in [4.78, 5) is 24.0. The second-order valence-corrected chi connectivity index (χ2v) is 5.89. The van der Waals surface area contributed by atoms with Gasteiger partial charge >= 0.3 is 0 Å². The van der Waals surface area contributed by atoms with Crippen molar-refractivity contribution in [3.05, 3.63) is 35.4 Å². The molecule has 1 aromatic carbocycles. The topological polar surface area (TPSA) is 72.2 Å². The van der Waals surface area contributed by atoms with Gasteiger partial charge in [-0.2, -0.15) is 0 Å². The Hall–Kier alpha value is -1.39. The minimum atomic E-state index is -0.0409. The third kappa shape index (κ3) is 5.11. The summed E-state index contributed by atoms with van der Waals surface area (Å²) in [5.41, 5.74) is 7.50. The number of amides is 1. The van der Waals surface area contributed by atoms with Crippen molar-refractivity contribution in [3.8, 4) is 0 Å². The molecule has 4 nitrogen and oxygen atoms in total. The summed E-state index contributed by atoms with van der Waals surface area (Å²) in [5, 5.41) is 3.02. The number of hydrogen-bond acceptors (Lipinski definition) is 3. The van der Waals surface area contributed by atoms with Crippen molar-refractivity contribution in [2.75, 3.05) is 6.54 Å². The minimum Gasteiger partial charge on any atom is -0.353 e. The van der Waals surface area contributed by atoms with Crippen LogP contribution in [0.2, 0.25) is 0 Å². The van der Waals surface area contributed by atoms with E-state index < -0.39 is 0 Å². The van der Waals surface area contributed by atoms with Gasteiger partial charge in [-0.15, -0.1) is 12.4 Å². The summed E-state index contributed by atoms with van der Waals surface area (Å²) in [6.45, 7) is 2.60. The Kier molecular flexibility index (Phi) is 7.56. The van der Waals surface area contributed by atoms with Gasteiger partial charge in [-0.3, -0.25) is 9.59 Å². The van der Waals surface area contributed by atoms with E-state index in [4.69, 9.17) is 5.73 Å². The van der Waals surface area contributed by atoms with E-state index in [1.165, 1.54) is 0 Å². The first-order valence-corrected chi connectivity index (χ1v) is 7.69. The largest absolute Gasteiger partial charge is 0.353 e. The summed E-state index contributed by atoms with van der Waals surface area (Å²) < 4.78 is 0. The Bertz CT molecular complexity index is 502. The number of nitrogens with two attached hydrogens (primary N) is 1. The summed E-state index contributed by atoms with van der Waals surface area (Å²) >= 11 is 0. The molecule has 22 heavy (non-hydrogen) atoms. The average molecular weight is 325 g/mol. The van der Waals surface area contributed by atoms with Gasteiger partial charge in [0.2, 0.25) is 5.91 Å². The van der Waals surface area contributed by atoms with Gasteiger partial charge in [-0.25, -0.2) is 0 Å². The number of ketones is 1. The van der Waals surface area contributed by atoms with E-state index in [-0.39, 0.29) is 43.0 Å². The molecule has 0 aromatic heterocycles. The van der Waals surface area contributed by atoms with Crippen LogP contribution in [0.5, 0.6) is 0 Å². The van der Waals surface area contributed by atoms with Crippen LogP contribution in [0.25, 0.3) is 0 Å². The molecule has 3 N–H and O–H groups in total. The molecular formula is C17H25ClN2O2. The zero-order chi connectivity index (χ0) is 15.2. The molecule has 1 amide bonds. The van der Waals surface area contributed by atoms with Crippen molar-refractivity contribution in [1.82, 2.24) is 5.32 Å². The first kappa shape index (κ1) is 18.7. The zero-order valence-electron chi connectivity index (χ0n) is 13.0. The van der Waals surface area contributed by atoms with E-state index >= 15 is 0 Å². The number of carbonyl (C=O) groups is 2. The predicted molar refractivity (Wildman–Crippen MR) is 90.3 cm³/mol. The molecule has 0 spiro atoms. The van der Waals surface area contributed by atoms with Crippen LogP contribution in [0.4, 0.5) is 0 Å². The Labute approximate surface area is 138 Å². The van der Waals surface area contributed by atoms with Crippen molar-refractivity contribution in [2.24, 2.45) is 11.7 Å². The third-order valence-electron chi connectivity index (χ3n) is 4.26. The molecule has 2 atom stereocenters. The second kappa shape index (κ2) is 8.91. The zero-order valence-corrected chi connectivity index (χ0v) is 13.8. The van der Waals surface area contributed by atoms with Gasteiger partial charge in [0, 0.05) is 24.4 Å². The van der Waals surface area contributed by atoms with Gasteiger partial charge < -0.3 is 11.1 Å². The van der Waals surface area contributed by atoms with Crippen LogP contribution in [0.3, 0.4) is 0 Å². The molecule has 0 radical (unpaired) electrons. The molecule has 1 saturated carbocycles. The number of halogens is 1. The van der Waals surface area contributed by atoms with E-state index in [2.05, 4.69) is 5.32 Å². The number of aryl methyl sites for hydroxylation is 1. The molecule has 5 heteroatoms. The van der Waals surface area contributed by atoms with Crippen LogP contribution in [-0.2, 0) is 4.79 Å². The lowest BCUT2D eigenvalue weighted by molar-refractivity contribution is -0.122. The summed E-state index contributed by atoms with van der Waals surface area (Å²) in [6.07, 6.45) is 3.72.